The van der Waals surface area contributed by atoms with Crippen LogP contribution < -0.4 is 5.32 Å². The summed E-state index contributed by atoms with van der Waals surface area (Å²) in [5, 5.41) is 3.52. The largest absolute Gasteiger partial charge is 0.353 e. The fourth-order valence-electron chi connectivity index (χ4n) is 3.15. The van der Waals surface area contributed by atoms with Crippen LogP contribution in [0.4, 0.5) is 0 Å². The second kappa shape index (κ2) is 6.83. The van der Waals surface area contributed by atoms with Crippen LogP contribution in [-0.2, 0) is 10.2 Å². The number of rotatable bonds is 4. The van der Waals surface area contributed by atoms with Crippen molar-refractivity contribution < 1.29 is 4.79 Å². The number of likely N-dealkylation sites (N-methyl/N-ethyl adjacent to an activating group) is 1. The van der Waals surface area contributed by atoms with E-state index in [0.29, 0.717) is 6.04 Å². The molecule has 1 atom stereocenters. The molecule has 2 aliphatic rings. The minimum atomic E-state index is 0.0371. The Balaban J connectivity index is 1.72. The Morgan fingerprint density at radius 2 is 2.04 bits per heavy atom. The van der Waals surface area contributed by atoms with E-state index >= 15 is 0 Å². The highest BCUT2D eigenvalue weighted by molar-refractivity contribution is 5.85. The lowest BCUT2D eigenvalue weighted by Gasteiger charge is -2.27. The molecule has 130 valence electrons. The smallest absolute Gasteiger partial charge is 0.243 e. The Morgan fingerprint density at radius 3 is 2.67 bits per heavy atom. The van der Waals surface area contributed by atoms with Gasteiger partial charge in [-0.3, -0.25) is 4.79 Å². The van der Waals surface area contributed by atoms with E-state index in [9.17, 15) is 4.79 Å². The van der Waals surface area contributed by atoms with Crippen LogP contribution >= 0.6 is 0 Å². The second-order valence-corrected chi connectivity index (χ2v) is 7.44. The van der Waals surface area contributed by atoms with Crippen molar-refractivity contribution in [2.75, 3.05) is 33.7 Å². The van der Waals surface area contributed by atoms with Gasteiger partial charge < -0.3 is 15.1 Å². The Bertz CT molecular complexity index is 609. The molecule has 5 heteroatoms. The maximum Gasteiger partial charge on any atom is 0.243 e. The Morgan fingerprint density at radius 1 is 1.33 bits per heavy atom. The summed E-state index contributed by atoms with van der Waals surface area (Å²) in [6, 6.07) is 11.2. The van der Waals surface area contributed by atoms with Gasteiger partial charge in [-0.2, -0.15) is 0 Å². The molecule has 0 aromatic heterocycles. The molecule has 24 heavy (non-hydrogen) atoms. The molecule has 1 unspecified atom stereocenters. The molecule has 0 bridgehead atoms. The van der Waals surface area contributed by atoms with Gasteiger partial charge in [0, 0.05) is 38.6 Å². The fourth-order valence-corrected chi connectivity index (χ4v) is 3.15. The number of guanidine groups is 1. The van der Waals surface area contributed by atoms with Gasteiger partial charge in [0.15, 0.2) is 5.96 Å². The van der Waals surface area contributed by atoms with Crippen LogP contribution in [0.3, 0.4) is 0 Å². The lowest BCUT2D eigenvalue weighted by Crippen LogP contribution is -2.43. The van der Waals surface area contributed by atoms with Gasteiger partial charge >= 0.3 is 0 Å². The minimum Gasteiger partial charge on any atom is -0.353 e. The lowest BCUT2D eigenvalue weighted by molar-refractivity contribution is -0.127. The van der Waals surface area contributed by atoms with E-state index in [1.807, 2.05) is 0 Å². The number of nitrogens with zero attached hydrogens (tertiary/aromatic N) is 3. The first-order valence-electron chi connectivity index (χ1n) is 8.79. The number of nitrogens with one attached hydrogen (secondary N) is 1. The average Bonchev–Trinajstić information content (AvgIpc) is 3.31. The maximum absolute atomic E-state index is 11.9. The summed E-state index contributed by atoms with van der Waals surface area (Å²) in [4.78, 5) is 20.4. The van der Waals surface area contributed by atoms with Crippen molar-refractivity contribution in [1.82, 2.24) is 15.1 Å². The predicted octanol–water partition coefficient (Wildman–Crippen LogP) is 1.85. The molecule has 1 aliphatic heterocycles. The highest BCUT2D eigenvalue weighted by Gasteiger charge is 2.37. The predicted molar refractivity (Wildman–Crippen MR) is 97.1 cm³/mol. The first kappa shape index (κ1) is 16.8. The van der Waals surface area contributed by atoms with Gasteiger partial charge in [0.1, 0.15) is 6.54 Å². The van der Waals surface area contributed by atoms with Gasteiger partial charge in [-0.25, -0.2) is 4.99 Å². The molecule has 5 nitrogen and oxygen atoms in total. The van der Waals surface area contributed by atoms with Gasteiger partial charge in [0.05, 0.1) is 0 Å². The molecule has 1 amide bonds. The first-order chi connectivity index (χ1) is 11.5. The van der Waals surface area contributed by atoms with Crippen molar-refractivity contribution in [1.29, 1.82) is 0 Å². The van der Waals surface area contributed by atoms with Crippen molar-refractivity contribution in [3.8, 4) is 0 Å². The van der Waals surface area contributed by atoms with Crippen LogP contribution in [0.25, 0.3) is 0 Å². The van der Waals surface area contributed by atoms with Gasteiger partial charge in [-0.1, -0.05) is 37.3 Å². The number of hydrogen-bond acceptors (Lipinski definition) is 2. The zero-order valence-corrected chi connectivity index (χ0v) is 15.0. The van der Waals surface area contributed by atoms with E-state index in [4.69, 9.17) is 0 Å². The maximum atomic E-state index is 11.9. The normalized spacial score (nSPS) is 24.1. The van der Waals surface area contributed by atoms with Gasteiger partial charge in [-0.15, -0.1) is 0 Å². The topological polar surface area (TPSA) is 47.9 Å². The molecule has 1 saturated carbocycles. The number of benzene rings is 1. The molecular weight excluding hydrogens is 300 g/mol. The van der Waals surface area contributed by atoms with Crippen LogP contribution in [0.2, 0.25) is 0 Å². The highest BCUT2D eigenvalue weighted by Crippen LogP contribution is 2.34. The summed E-state index contributed by atoms with van der Waals surface area (Å²) in [7, 11) is 3.54. The number of likely N-dealkylation sites (tertiary alicyclic amines) is 1. The zero-order chi connectivity index (χ0) is 17.2. The third-order valence-corrected chi connectivity index (χ3v) is 5.02. The third-order valence-electron chi connectivity index (χ3n) is 5.02. The Kier molecular flexibility index (Phi) is 4.78. The number of carbonyl (C=O) groups excluding carboxylic acids is 1. The third kappa shape index (κ3) is 3.89. The zero-order valence-electron chi connectivity index (χ0n) is 15.0. The summed E-state index contributed by atoms with van der Waals surface area (Å²) in [6.07, 6.45) is 3.50. The van der Waals surface area contributed by atoms with Crippen molar-refractivity contribution in [2.24, 2.45) is 4.99 Å². The van der Waals surface area contributed by atoms with Crippen molar-refractivity contribution in [3.63, 3.8) is 0 Å². The van der Waals surface area contributed by atoms with E-state index in [1.54, 1.807) is 19.0 Å². The van der Waals surface area contributed by atoms with Gasteiger partial charge in [-0.05, 0) is 24.8 Å². The average molecular weight is 328 g/mol. The molecule has 0 spiro atoms. The van der Waals surface area contributed by atoms with Crippen LogP contribution in [0.15, 0.2) is 35.3 Å². The number of aliphatic imine (C=N–C) groups is 1. The quantitative estimate of drug-likeness (QED) is 0.678. The lowest BCUT2D eigenvalue weighted by atomic mass is 9.82. The van der Waals surface area contributed by atoms with Crippen LogP contribution in [0, 0.1) is 0 Å². The van der Waals surface area contributed by atoms with Gasteiger partial charge in [0.25, 0.3) is 0 Å². The molecule has 1 N–H and O–H groups in total. The SMILES string of the molecule is CN(C)C(=O)CN=C(NC1CC1)N1CCC(C)(c2ccccc2)C1. The number of hydrogen-bond donors (Lipinski definition) is 1. The molecule has 2 fully saturated rings. The first-order valence-corrected chi connectivity index (χ1v) is 8.79. The summed E-state index contributed by atoms with van der Waals surface area (Å²) in [6.45, 7) is 4.44. The summed E-state index contributed by atoms with van der Waals surface area (Å²) >= 11 is 0. The van der Waals surface area contributed by atoms with Crippen molar-refractivity contribution in [2.45, 2.75) is 37.6 Å². The standard InChI is InChI=1S/C19H28N4O/c1-19(15-7-5-4-6-8-15)11-12-23(14-19)18(21-16-9-10-16)20-13-17(24)22(2)3/h4-8,16H,9-14H2,1-3H3,(H,20,21). The number of carbonyl (C=O) groups is 1. The Labute approximate surface area is 144 Å². The number of amides is 1. The summed E-state index contributed by atoms with van der Waals surface area (Å²) < 4.78 is 0. The molecule has 1 aliphatic carbocycles. The second-order valence-electron chi connectivity index (χ2n) is 7.44. The minimum absolute atomic E-state index is 0.0371. The molecule has 1 aromatic carbocycles. The van der Waals surface area contributed by atoms with Crippen LogP contribution in [0.1, 0.15) is 31.7 Å². The van der Waals surface area contributed by atoms with Crippen LogP contribution in [0.5, 0.6) is 0 Å². The van der Waals surface area contributed by atoms with E-state index in [2.05, 4.69) is 52.5 Å². The van der Waals surface area contributed by atoms with Crippen LogP contribution in [-0.4, -0.2) is 61.4 Å². The summed E-state index contributed by atoms with van der Waals surface area (Å²) in [5.41, 5.74) is 1.52. The van der Waals surface area contributed by atoms with Crippen molar-refractivity contribution in [3.05, 3.63) is 35.9 Å². The molecule has 1 aromatic rings. The molecular formula is C19H28N4O. The summed E-state index contributed by atoms with van der Waals surface area (Å²) in [5.74, 6) is 0.933. The molecule has 1 heterocycles. The van der Waals surface area contributed by atoms with Crippen molar-refractivity contribution >= 4 is 11.9 Å². The monoisotopic (exact) mass is 328 g/mol. The fraction of sp³-hybridized carbons (Fsp3) is 0.579. The van der Waals surface area contributed by atoms with E-state index in [0.717, 1.165) is 25.5 Å². The van der Waals surface area contributed by atoms with E-state index in [-0.39, 0.29) is 17.9 Å². The Hall–Kier alpha value is -2.04. The van der Waals surface area contributed by atoms with Gasteiger partial charge in [0.2, 0.25) is 5.91 Å². The van der Waals surface area contributed by atoms with E-state index in [1.165, 1.54) is 18.4 Å². The molecule has 3 rings (SSSR count). The highest BCUT2D eigenvalue weighted by atomic mass is 16.2. The molecule has 1 saturated heterocycles. The van der Waals surface area contributed by atoms with E-state index < -0.39 is 0 Å². The molecule has 0 radical (unpaired) electrons.